The van der Waals surface area contributed by atoms with Crippen LogP contribution in [0, 0.1) is 0 Å². The first-order valence-electron chi connectivity index (χ1n) is 7.74. The summed E-state index contributed by atoms with van der Waals surface area (Å²) in [5, 5.41) is 5.67. The molecule has 4 nitrogen and oxygen atoms in total. The molecule has 0 radical (unpaired) electrons. The summed E-state index contributed by atoms with van der Waals surface area (Å²) in [7, 11) is 0. The van der Waals surface area contributed by atoms with Crippen LogP contribution >= 0.6 is 0 Å². The Morgan fingerprint density at radius 1 is 0.684 bits per heavy atom. The first-order chi connectivity index (χ1) is 9.20. The molecular formula is C15H30N2O2. The molecule has 4 heteroatoms. The summed E-state index contributed by atoms with van der Waals surface area (Å²) in [6, 6.07) is 0. The van der Waals surface area contributed by atoms with E-state index in [0.717, 1.165) is 25.8 Å². The van der Waals surface area contributed by atoms with Gasteiger partial charge < -0.3 is 10.6 Å². The highest BCUT2D eigenvalue weighted by Crippen LogP contribution is 2.01. The summed E-state index contributed by atoms with van der Waals surface area (Å²) < 4.78 is 0. The summed E-state index contributed by atoms with van der Waals surface area (Å²) in [5.41, 5.74) is 0. The second kappa shape index (κ2) is 13.4. The number of unbranched alkanes of at least 4 members (excludes halogenated alkanes) is 5. The topological polar surface area (TPSA) is 58.2 Å². The number of carbonyl (C=O) groups is 2. The van der Waals surface area contributed by atoms with E-state index in [1.54, 1.807) is 0 Å². The Bertz CT molecular complexity index is 242. The predicted octanol–water partition coefficient (Wildman–Crippen LogP) is 2.77. The molecule has 0 saturated heterocycles. The molecule has 0 spiro atoms. The van der Waals surface area contributed by atoms with Crippen LogP contribution < -0.4 is 10.6 Å². The first kappa shape index (κ1) is 17.9. The summed E-state index contributed by atoms with van der Waals surface area (Å²) in [4.78, 5) is 22.9. The Morgan fingerprint density at radius 3 is 1.68 bits per heavy atom. The quantitative estimate of drug-likeness (QED) is 0.536. The minimum atomic E-state index is -0.0217. The van der Waals surface area contributed by atoms with Crippen molar-refractivity contribution in [3.05, 3.63) is 0 Å². The fourth-order valence-electron chi connectivity index (χ4n) is 1.76. The highest BCUT2D eigenvalue weighted by atomic mass is 16.2. The van der Waals surface area contributed by atoms with E-state index in [1.807, 2.05) is 0 Å². The third-order valence-electron chi connectivity index (χ3n) is 3.03. The number of hydrogen-bond acceptors (Lipinski definition) is 2. The fraction of sp³-hybridized carbons (Fsp3) is 0.867. The molecule has 0 aliphatic carbocycles. The van der Waals surface area contributed by atoms with E-state index in [2.05, 4.69) is 24.5 Å². The van der Waals surface area contributed by atoms with E-state index in [9.17, 15) is 9.59 Å². The van der Waals surface area contributed by atoms with Crippen molar-refractivity contribution in [2.24, 2.45) is 0 Å². The van der Waals surface area contributed by atoms with Gasteiger partial charge in [-0.05, 0) is 12.8 Å². The molecule has 0 rings (SSSR count). The standard InChI is InChI=1S/C15H30N2O2/c1-3-5-7-8-9-13-17-15(19)11-10-14(18)16-12-6-4-2/h3-13H2,1-2H3,(H,16,18)(H,17,19). The van der Waals surface area contributed by atoms with Gasteiger partial charge in [0.25, 0.3) is 0 Å². The van der Waals surface area contributed by atoms with Crippen LogP contribution in [0.5, 0.6) is 0 Å². The summed E-state index contributed by atoms with van der Waals surface area (Å²) in [5.74, 6) is -0.0346. The maximum absolute atomic E-state index is 11.5. The zero-order chi connectivity index (χ0) is 14.3. The van der Waals surface area contributed by atoms with Crippen LogP contribution in [0.3, 0.4) is 0 Å². The Labute approximate surface area is 117 Å². The van der Waals surface area contributed by atoms with Crippen molar-refractivity contribution in [2.75, 3.05) is 13.1 Å². The molecule has 0 aliphatic heterocycles. The zero-order valence-corrected chi connectivity index (χ0v) is 12.6. The smallest absolute Gasteiger partial charge is 0.220 e. The van der Waals surface area contributed by atoms with Crippen molar-refractivity contribution in [1.82, 2.24) is 10.6 Å². The van der Waals surface area contributed by atoms with Gasteiger partial charge in [-0.1, -0.05) is 46.0 Å². The average molecular weight is 270 g/mol. The van der Waals surface area contributed by atoms with Gasteiger partial charge in [0.05, 0.1) is 0 Å². The Kier molecular flexibility index (Phi) is 12.6. The molecule has 2 N–H and O–H groups in total. The number of amides is 2. The summed E-state index contributed by atoms with van der Waals surface area (Å²) in [6.07, 6.45) is 8.62. The number of carbonyl (C=O) groups excluding carboxylic acids is 2. The molecule has 0 aliphatic rings. The summed E-state index contributed by atoms with van der Waals surface area (Å²) in [6.45, 7) is 5.72. The molecule has 0 saturated carbocycles. The first-order valence-corrected chi connectivity index (χ1v) is 7.74. The van der Waals surface area contributed by atoms with Crippen LogP contribution in [0.25, 0.3) is 0 Å². The molecule has 0 aromatic carbocycles. The lowest BCUT2D eigenvalue weighted by molar-refractivity contribution is -0.126. The minimum Gasteiger partial charge on any atom is -0.356 e. The van der Waals surface area contributed by atoms with Crippen molar-refractivity contribution in [3.8, 4) is 0 Å². The SMILES string of the molecule is CCCCCCCNC(=O)CCC(=O)NCCCC. The van der Waals surface area contributed by atoms with Crippen molar-refractivity contribution in [2.45, 2.75) is 71.6 Å². The summed E-state index contributed by atoms with van der Waals surface area (Å²) >= 11 is 0. The van der Waals surface area contributed by atoms with Crippen LogP contribution in [0.1, 0.15) is 71.6 Å². The molecule has 0 aromatic rings. The van der Waals surface area contributed by atoms with Crippen molar-refractivity contribution < 1.29 is 9.59 Å². The van der Waals surface area contributed by atoms with Crippen LogP contribution in [-0.4, -0.2) is 24.9 Å². The normalized spacial score (nSPS) is 10.2. The van der Waals surface area contributed by atoms with E-state index in [1.165, 1.54) is 25.7 Å². The molecule has 112 valence electrons. The number of rotatable bonds is 12. The third-order valence-corrected chi connectivity index (χ3v) is 3.03. The Balaban J connectivity index is 3.36. The van der Waals surface area contributed by atoms with E-state index in [4.69, 9.17) is 0 Å². The highest BCUT2D eigenvalue weighted by Gasteiger charge is 2.05. The van der Waals surface area contributed by atoms with Crippen LogP contribution in [0.2, 0.25) is 0 Å². The van der Waals surface area contributed by atoms with Crippen molar-refractivity contribution in [3.63, 3.8) is 0 Å². The predicted molar refractivity (Wildman–Crippen MR) is 78.9 cm³/mol. The Hall–Kier alpha value is -1.06. The molecule has 0 heterocycles. The molecular weight excluding hydrogens is 240 g/mol. The second-order valence-corrected chi connectivity index (χ2v) is 4.97. The van der Waals surface area contributed by atoms with E-state index < -0.39 is 0 Å². The zero-order valence-electron chi connectivity index (χ0n) is 12.6. The minimum absolute atomic E-state index is 0.0128. The molecule has 0 aromatic heterocycles. The third kappa shape index (κ3) is 13.2. The lowest BCUT2D eigenvalue weighted by Crippen LogP contribution is -2.28. The van der Waals surface area contributed by atoms with Gasteiger partial charge in [-0.15, -0.1) is 0 Å². The maximum Gasteiger partial charge on any atom is 0.220 e. The van der Waals surface area contributed by atoms with Crippen molar-refractivity contribution in [1.29, 1.82) is 0 Å². The van der Waals surface area contributed by atoms with Gasteiger partial charge in [0.2, 0.25) is 11.8 Å². The van der Waals surface area contributed by atoms with Crippen molar-refractivity contribution >= 4 is 11.8 Å². The Morgan fingerprint density at radius 2 is 1.16 bits per heavy atom. The molecule has 0 atom stereocenters. The van der Waals surface area contributed by atoms with Crippen LogP contribution in [0.15, 0.2) is 0 Å². The van der Waals surface area contributed by atoms with Gasteiger partial charge in [0.1, 0.15) is 0 Å². The van der Waals surface area contributed by atoms with Gasteiger partial charge >= 0.3 is 0 Å². The molecule has 0 fully saturated rings. The van der Waals surface area contributed by atoms with Crippen LogP contribution in [-0.2, 0) is 9.59 Å². The molecule has 2 amide bonds. The van der Waals surface area contributed by atoms with Gasteiger partial charge in [0.15, 0.2) is 0 Å². The molecule has 0 bridgehead atoms. The molecule has 19 heavy (non-hydrogen) atoms. The highest BCUT2D eigenvalue weighted by molar-refractivity contribution is 5.83. The fourth-order valence-corrected chi connectivity index (χ4v) is 1.76. The van der Waals surface area contributed by atoms with Gasteiger partial charge in [-0.3, -0.25) is 9.59 Å². The lowest BCUT2D eigenvalue weighted by atomic mass is 10.1. The molecule has 0 unspecified atom stereocenters. The maximum atomic E-state index is 11.5. The van der Waals surface area contributed by atoms with Gasteiger partial charge in [-0.25, -0.2) is 0 Å². The van der Waals surface area contributed by atoms with Crippen LogP contribution in [0.4, 0.5) is 0 Å². The van der Waals surface area contributed by atoms with E-state index in [-0.39, 0.29) is 11.8 Å². The van der Waals surface area contributed by atoms with E-state index >= 15 is 0 Å². The lowest BCUT2D eigenvalue weighted by Gasteiger charge is -2.06. The largest absolute Gasteiger partial charge is 0.356 e. The second-order valence-electron chi connectivity index (χ2n) is 4.97. The number of hydrogen-bond donors (Lipinski definition) is 2. The van der Waals surface area contributed by atoms with Gasteiger partial charge in [0, 0.05) is 25.9 Å². The average Bonchev–Trinajstić information content (AvgIpc) is 2.40. The van der Waals surface area contributed by atoms with Gasteiger partial charge in [-0.2, -0.15) is 0 Å². The number of nitrogens with one attached hydrogen (secondary N) is 2. The monoisotopic (exact) mass is 270 g/mol. The van der Waals surface area contributed by atoms with E-state index in [0.29, 0.717) is 19.4 Å².